The van der Waals surface area contributed by atoms with E-state index < -0.39 is 0 Å². The molecule has 2 aromatic heterocycles. The molecular weight excluding hydrogens is 192 g/mol. The minimum absolute atomic E-state index is 0.0273. The number of nitrogens with zero attached hydrogens (tertiary/aromatic N) is 2. The van der Waals surface area contributed by atoms with Crippen LogP contribution >= 0.6 is 0 Å². The number of pyridine rings is 1. The van der Waals surface area contributed by atoms with Gasteiger partial charge in [0, 0.05) is 29.7 Å². The Hall–Kier alpha value is -1.55. The van der Waals surface area contributed by atoms with E-state index in [1.165, 1.54) is 0 Å². The molecule has 0 radical (unpaired) electrons. The molecule has 0 aliphatic heterocycles. The van der Waals surface area contributed by atoms with Gasteiger partial charge in [-0.2, -0.15) is 0 Å². The van der Waals surface area contributed by atoms with Gasteiger partial charge in [0.25, 0.3) is 0 Å². The van der Waals surface area contributed by atoms with Gasteiger partial charge in [-0.05, 0) is 6.42 Å². The van der Waals surface area contributed by atoms with Crippen LogP contribution in [0.1, 0.15) is 18.2 Å². The number of methoxy groups -OCH3 is 1. The first-order chi connectivity index (χ1) is 7.30. The van der Waals surface area contributed by atoms with Gasteiger partial charge in [0.2, 0.25) is 0 Å². The molecule has 0 aliphatic rings. The quantitative estimate of drug-likeness (QED) is 0.825. The molecule has 0 aromatic carbocycles. The van der Waals surface area contributed by atoms with Crippen molar-refractivity contribution in [1.29, 1.82) is 0 Å². The highest BCUT2D eigenvalue weighted by molar-refractivity contribution is 5.49. The Bertz CT molecular complexity index is 477. The first-order valence-corrected chi connectivity index (χ1v) is 4.93. The highest BCUT2D eigenvalue weighted by atomic mass is 16.5. The molecule has 80 valence electrons. The zero-order valence-corrected chi connectivity index (χ0v) is 8.90. The molecule has 15 heavy (non-hydrogen) atoms. The summed E-state index contributed by atoms with van der Waals surface area (Å²) in [6.45, 7) is 2.05. The number of fused-ring (bicyclic) bond motifs is 1. The third kappa shape index (κ3) is 1.57. The molecule has 0 bridgehead atoms. The van der Waals surface area contributed by atoms with Gasteiger partial charge in [-0.25, -0.2) is 4.98 Å². The van der Waals surface area contributed by atoms with E-state index in [4.69, 9.17) is 4.74 Å². The lowest BCUT2D eigenvalue weighted by Gasteiger charge is -2.07. The summed E-state index contributed by atoms with van der Waals surface area (Å²) < 4.78 is 7.15. The zero-order chi connectivity index (χ0) is 10.8. The van der Waals surface area contributed by atoms with Gasteiger partial charge in [-0.15, -0.1) is 0 Å². The van der Waals surface area contributed by atoms with E-state index in [9.17, 15) is 5.11 Å². The van der Waals surface area contributed by atoms with Crippen LogP contribution in [0.4, 0.5) is 0 Å². The summed E-state index contributed by atoms with van der Waals surface area (Å²) in [6, 6.07) is 1.84. The second kappa shape index (κ2) is 3.90. The van der Waals surface area contributed by atoms with Crippen molar-refractivity contribution in [3.05, 3.63) is 29.7 Å². The van der Waals surface area contributed by atoms with Crippen LogP contribution in [0.3, 0.4) is 0 Å². The Balaban J connectivity index is 2.66. The van der Waals surface area contributed by atoms with E-state index in [2.05, 4.69) is 11.9 Å². The van der Waals surface area contributed by atoms with E-state index in [1.807, 2.05) is 22.9 Å². The number of ether oxygens (including phenoxy) is 1. The van der Waals surface area contributed by atoms with Gasteiger partial charge in [-0.1, -0.05) is 6.92 Å². The number of aliphatic hydroxyl groups excluding tert-OH is 1. The highest BCUT2D eigenvalue weighted by Crippen LogP contribution is 2.21. The molecule has 0 fully saturated rings. The third-order valence-electron chi connectivity index (χ3n) is 2.52. The summed E-state index contributed by atoms with van der Waals surface area (Å²) in [5.74, 6) is 0.679. The minimum Gasteiger partial charge on any atom is -0.496 e. The fraction of sp³-hybridized carbons (Fsp3) is 0.364. The van der Waals surface area contributed by atoms with Crippen molar-refractivity contribution in [3.63, 3.8) is 0 Å². The van der Waals surface area contributed by atoms with Gasteiger partial charge in [0.1, 0.15) is 11.4 Å². The van der Waals surface area contributed by atoms with Gasteiger partial charge in [0.05, 0.1) is 13.7 Å². The van der Waals surface area contributed by atoms with E-state index in [-0.39, 0.29) is 6.61 Å². The predicted molar refractivity (Wildman–Crippen MR) is 57.0 cm³/mol. The number of aryl methyl sites for hydroxylation is 1. The van der Waals surface area contributed by atoms with Crippen LogP contribution in [0.5, 0.6) is 5.75 Å². The highest BCUT2D eigenvalue weighted by Gasteiger charge is 2.07. The van der Waals surface area contributed by atoms with Crippen LogP contribution in [-0.2, 0) is 13.0 Å². The summed E-state index contributed by atoms with van der Waals surface area (Å²) in [7, 11) is 1.59. The van der Waals surface area contributed by atoms with E-state index in [1.54, 1.807) is 7.11 Å². The molecule has 0 amide bonds. The van der Waals surface area contributed by atoms with Gasteiger partial charge < -0.3 is 14.2 Å². The molecule has 0 saturated heterocycles. The minimum atomic E-state index is -0.0273. The molecule has 0 saturated carbocycles. The average Bonchev–Trinajstić information content (AvgIpc) is 2.68. The molecule has 1 N–H and O–H groups in total. The summed E-state index contributed by atoms with van der Waals surface area (Å²) in [5, 5.41) is 9.20. The largest absolute Gasteiger partial charge is 0.496 e. The predicted octanol–water partition coefficient (Wildman–Crippen LogP) is 1.40. The lowest BCUT2D eigenvalue weighted by Crippen LogP contribution is -1.98. The number of hydrogen-bond donors (Lipinski definition) is 1. The van der Waals surface area contributed by atoms with Crippen LogP contribution < -0.4 is 4.74 Å². The van der Waals surface area contributed by atoms with Crippen LogP contribution in [0, 0.1) is 0 Å². The number of hydrogen-bond acceptors (Lipinski definition) is 3. The van der Waals surface area contributed by atoms with Crippen LogP contribution in [0.2, 0.25) is 0 Å². The molecule has 0 unspecified atom stereocenters. The van der Waals surface area contributed by atoms with E-state index in [0.717, 1.165) is 23.3 Å². The van der Waals surface area contributed by atoms with Crippen LogP contribution in [0.15, 0.2) is 18.5 Å². The molecule has 2 rings (SSSR count). The zero-order valence-electron chi connectivity index (χ0n) is 8.90. The average molecular weight is 206 g/mol. The number of rotatable bonds is 3. The van der Waals surface area contributed by atoms with E-state index in [0.29, 0.717) is 5.75 Å². The van der Waals surface area contributed by atoms with Gasteiger partial charge in [-0.3, -0.25) is 0 Å². The van der Waals surface area contributed by atoms with Crippen molar-refractivity contribution in [2.75, 3.05) is 7.11 Å². The van der Waals surface area contributed by atoms with Crippen molar-refractivity contribution < 1.29 is 9.84 Å². The second-order valence-electron chi connectivity index (χ2n) is 3.36. The first-order valence-electron chi connectivity index (χ1n) is 4.93. The SMILES string of the molecule is CCc1cnc2cc(OC)c(CO)cn12. The lowest BCUT2D eigenvalue weighted by molar-refractivity contribution is 0.273. The molecule has 0 spiro atoms. The maximum Gasteiger partial charge on any atom is 0.140 e. The fourth-order valence-electron chi connectivity index (χ4n) is 1.67. The summed E-state index contributed by atoms with van der Waals surface area (Å²) in [6.07, 6.45) is 4.63. The summed E-state index contributed by atoms with van der Waals surface area (Å²) in [4.78, 5) is 4.27. The molecule has 2 aromatic rings. The van der Waals surface area contributed by atoms with Crippen LogP contribution in [0.25, 0.3) is 5.65 Å². The summed E-state index contributed by atoms with van der Waals surface area (Å²) in [5.41, 5.74) is 2.75. The Morgan fingerprint density at radius 1 is 1.53 bits per heavy atom. The maximum atomic E-state index is 9.20. The fourth-order valence-corrected chi connectivity index (χ4v) is 1.67. The normalized spacial score (nSPS) is 10.9. The van der Waals surface area contributed by atoms with Crippen molar-refractivity contribution in [3.8, 4) is 5.75 Å². The standard InChI is InChI=1S/C11H14N2O2/c1-3-9-5-12-11-4-10(15-2)8(7-14)6-13(9)11/h4-6,14H,3,7H2,1-2H3. The third-order valence-corrected chi connectivity index (χ3v) is 2.52. The smallest absolute Gasteiger partial charge is 0.140 e. The van der Waals surface area contributed by atoms with Crippen molar-refractivity contribution in [1.82, 2.24) is 9.38 Å². The molecule has 2 heterocycles. The first kappa shape index (κ1) is 9.98. The summed E-state index contributed by atoms with van der Waals surface area (Å²) >= 11 is 0. The van der Waals surface area contributed by atoms with Crippen molar-refractivity contribution >= 4 is 5.65 Å². The van der Waals surface area contributed by atoms with E-state index >= 15 is 0 Å². The second-order valence-corrected chi connectivity index (χ2v) is 3.36. The molecule has 0 aliphatic carbocycles. The Labute approximate surface area is 88.1 Å². The molecule has 0 atom stereocenters. The van der Waals surface area contributed by atoms with Crippen LogP contribution in [-0.4, -0.2) is 21.6 Å². The van der Waals surface area contributed by atoms with Gasteiger partial charge in [0.15, 0.2) is 0 Å². The van der Waals surface area contributed by atoms with Crippen molar-refractivity contribution in [2.45, 2.75) is 20.0 Å². The number of imidazole rings is 1. The molecule has 4 heteroatoms. The monoisotopic (exact) mass is 206 g/mol. The molecular formula is C11H14N2O2. The van der Waals surface area contributed by atoms with Gasteiger partial charge >= 0.3 is 0 Å². The Kier molecular flexibility index (Phi) is 2.60. The number of aromatic nitrogens is 2. The maximum absolute atomic E-state index is 9.20. The number of aliphatic hydroxyl groups is 1. The topological polar surface area (TPSA) is 46.8 Å². The Morgan fingerprint density at radius 3 is 2.93 bits per heavy atom. The van der Waals surface area contributed by atoms with Crippen molar-refractivity contribution in [2.24, 2.45) is 0 Å². The lowest BCUT2D eigenvalue weighted by atomic mass is 10.2. The Morgan fingerprint density at radius 2 is 2.33 bits per heavy atom. The molecule has 4 nitrogen and oxygen atoms in total.